The molecule has 3 saturated heterocycles. The third kappa shape index (κ3) is 14.0. The molecule has 0 saturated carbocycles. The largest absolute Gasteiger partial charge is 1.00 e. The maximum absolute atomic E-state index is 12.6. The summed E-state index contributed by atoms with van der Waals surface area (Å²) in [6.07, 6.45) is -17.7. The van der Waals surface area contributed by atoms with Crippen molar-refractivity contribution in [3.8, 4) is 0 Å². The molecule has 3 aliphatic heterocycles. The number of rotatable bonds is 20. The number of hydrogen-bond donors (Lipinski definition) is 7. The average Bonchev–Trinajstić information content (AvgIpc) is 3.10. The van der Waals surface area contributed by atoms with Gasteiger partial charge in [-0.1, -0.05) is 25.7 Å². The first-order valence-electron chi connectivity index (χ1n) is 17.4. The van der Waals surface area contributed by atoms with Crippen molar-refractivity contribution in [2.45, 2.75) is 151 Å². The third-order valence-corrected chi connectivity index (χ3v) is 9.63. The minimum atomic E-state index is -5.51. The van der Waals surface area contributed by atoms with E-state index in [1.165, 1.54) is 28.1 Å². The molecule has 23 heteroatoms. The number of methoxy groups -OCH3 is 2. The normalized spacial score (nSPS) is 37.3. The zero-order valence-electron chi connectivity index (χ0n) is 31.0. The number of nitrogens with one attached hydrogen (secondary N) is 1. The Bertz CT molecular complexity index is 1240. The first-order chi connectivity index (χ1) is 25.1. The standard InChI is InChI=1S/C31H55NO20S.Na/c1-15-21(37)27(45-4)23(39)30(47-15)51-26-20(32-16(2)35)29(46-12-10-8-6-5-7-9-11-19(36)44-3)49-18(14-34)25(26)50-31-24(40)28(52-53(41,42)43)22(38)17(13-33)48-31;/h15,17-18,20-31,33-34,37-40H,5-14H2,1-4H3,(H,32,35)(H,41,42,43);/q;+1/p-1/t15-,17+,18+,20+,21+,22-,23-,24+,25+,26+,27+,28-,29+,30-,31-;/m0./s1. The molecule has 0 spiro atoms. The van der Waals surface area contributed by atoms with Crippen molar-refractivity contribution in [2.24, 2.45) is 0 Å². The predicted octanol–water partition coefficient (Wildman–Crippen LogP) is -6.33. The molecule has 0 unspecified atom stereocenters. The van der Waals surface area contributed by atoms with Crippen LogP contribution in [0, 0.1) is 0 Å². The van der Waals surface area contributed by atoms with Gasteiger partial charge in [0.05, 0.1) is 26.4 Å². The predicted molar refractivity (Wildman–Crippen MR) is 173 cm³/mol. The number of carbonyl (C=O) groups excluding carboxylic acids is 2. The van der Waals surface area contributed by atoms with E-state index < -0.39 is 122 Å². The Morgan fingerprint density at radius 2 is 1.30 bits per heavy atom. The summed E-state index contributed by atoms with van der Waals surface area (Å²) in [5, 5.41) is 66.0. The fourth-order valence-electron chi connectivity index (χ4n) is 6.40. The molecule has 7 N–H and O–H groups in total. The van der Waals surface area contributed by atoms with Crippen LogP contribution < -0.4 is 34.9 Å². The summed E-state index contributed by atoms with van der Waals surface area (Å²) in [6, 6.07) is -1.30. The molecule has 3 heterocycles. The second-order valence-electron chi connectivity index (χ2n) is 13.0. The van der Waals surface area contributed by atoms with Gasteiger partial charge in [-0.05, 0) is 19.8 Å². The van der Waals surface area contributed by atoms with Crippen molar-refractivity contribution in [3.63, 3.8) is 0 Å². The first kappa shape index (κ1) is 49.4. The topological polar surface area (TPSA) is 308 Å². The maximum Gasteiger partial charge on any atom is 1.00 e. The van der Waals surface area contributed by atoms with Crippen LogP contribution in [0.4, 0.5) is 0 Å². The van der Waals surface area contributed by atoms with E-state index in [4.69, 9.17) is 33.2 Å². The van der Waals surface area contributed by atoms with Gasteiger partial charge >= 0.3 is 35.5 Å². The summed E-state index contributed by atoms with van der Waals surface area (Å²) in [4.78, 5) is 23.9. The van der Waals surface area contributed by atoms with E-state index in [9.17, 15) is 53.2 Å². The molecule has 3 rings (SSSR count). The first-order valence-corrected chi connectivity index (χ1v) is 18.7. The summed E-state index contributed by atoms with van der Waals surface area (Å²) in [7, 11) is -2.93. The van der Waals surface area contributed by atoms with Crippen LogP contribution in [-0.4, -0.2) is 182 Å². The monoisotopic (exact) mass is 815 g/mol. The fourth-order valence-corrected chi connectivity index (χ4v) is 6.90. The molecular weight excluding hydrogens is 761 g/mol. The molecule has 0 bridgehead atoms. The maximum atomic E-state index is 12.6. The second-order valence-corrected chi connectivity index (χ2v) is 14.0. The van der Waals surface area contributed by atoms with Gasteiger partial charge in [-0.3, -0.25) is 13.8 Å². The third-order valence-electron chi connectivity index (χ3n) is 9.17. The molecular formula is C31H54NNaO20S. The molecule has 310 valence electrons. The summed E-state index contributed by atoms with van der Waals surface area (Å²) in [5.74, 6) is -0.876. The van der Waals surface area contributed by atoms with Crippen LogP contribution in [0.25, 0.3) is 0 Å². The fraction of sp³-hybridized carbons (Fsp3) is 0.935. The quantitative estimate of drug-likeness (QED) is 0.0198. The molecule has 0 aromatic heterocycles. The van der Waals surface area contributed by atoms with E-state index in [-0.39, 0.29) is 42.1 Å². The van der Waals surface area contributed by atoms with E-state index in [1.54, 1.807) is 0 Å². The zero-order valence-corrected chi connectivity index (χ0v) is 33.9. The molecule has 0 radical (unpaired) electrons. The van der Waals surface area contributed by atoms with Crippen LogP contribution in [0.1, 0.15) is 58.8 Å². The Balaban J connectivity index is 0.0000101. The van der Waals surface area contributed by atoms with Crippen LogP contribution in [0.15, 0.2) is 0 Å². The van der Waals surface area contributed by atoms with Gasteiger partial charge in [0.1, 0.15) is 67.1 Å². The van der Waals surface area contributed by atoms with Crippen molar-refractivity contribution >= 4 is 22.3 Å². The van der Waals surface area contributed by atoms with Gasteiger partial charge in [-0.2, -0.15) is 0 Å². The number of esters is 1. The Labute approximate surface area is 336 Å². The van der Waals surface area contributed by atoms with Crippen LogP contribution in [0.5, 0.6) is 0 Å². The second kappa shape index (κ2) is 23.6. The van der Waals surface area contributed by atoms with Crippen LogP contribution >= 0.6 is 0 Å². The van der Waals surface area contributed by atoms with E-state index >= 15 is 0 Å². The minimum Gasteiger partial charge on any atom is -0.726 e. The number of ether oxygens (including phenoxy) is 8. The van der Waals surface area contributed by atoms with E-state index in [0.29, 0.717) is 19.3 Å². The number of unbranched alkanes of at least 4 members (excludes halogenated alkanes) is 5. The van der Waals surface area contributed by atoms with Gasteiger partial charge in [-0.25, -0.2) is 8.42 Å². The average molecular weight is 816 g/mol. The Morgan fingerprint density at radius 1 is 0.741 bits per heavy atom. The van der Waals surface area contributed by atoms with Gasteiger partial charge in [0, 0.05) is 27.1 Å². The number of aliphatic hydroxyl groups is 6. The van der Waals surface area contributed by atoms with Crippen molar-refractivity contribution in [1.82, 2.24) is 5.32 Å². The molecule has 0 aromatic carbocycles. The molecule has 1 amide bonds. The minimum absolute atomic E-state index is 0. The van der Waals surface area contributed by atoms with Gasteiger partial charge in [-0.15, -0.1) is 0 Å². The van der Waals surface area contributed by atoms with Crippen LogP contribution in [0.2, 0.25) is 0 Å². The molecule has 54 heavy (non-hydrogen) atoms. The summed E-state index contributed by atoms with van der Waals surface area (Å²) < 4.78 is 84.1. The van der Waals surface area contributed by atoms with Gasteiger partial charge < -0.3 is 78.4 Å². The Morgan fingerprint density at radius 3 is 1.87 bits per heavy atom. The zero-order chi connectivity index (χ0) is 39.5. The summed E-state index contributed by atoms with van der Waals surface area (Å²) >= 11 is 0. The van der Waals surface area contributed by atoms with Gasteiger partial charge in [0.15, 0.2) is 18.9 Å². The molecule has 0 aromatic rings. The molecule has 15 atom stereocenters. The van der Waals surface area contributed by atoms with E-state index in [2.05, 4.69) is 14.2 Å². The number of carbonyl (C=O) groups is 2. The Kier molecular flexibility index (Phi) is 21.6. The van der Waals surface area contributed by atoms with Crippen molar-refractivity contribution < 1.29 is 125 Å². The summed E-state index contributed by atoms with van der Waals surface area (Å²) in [5.41, 5.74) is 0. The molecule has 21 nitrogen and oxygen atoms in total. The molecule has 0 aliphatic carbocycles. The van der Waals surface area contributed by atoms with E-state index in [0.717, 1.165) is 25.7 Å². The Hall–Kier alpha value is -0.710. The van der Waals surface area contributed by atoms with Crippen molar-refractivity contribution in [1.29, 1.82) is 0 Å². The molecule has 3 fully saturated rings. The van der Waals surface area contributed by atoms with Crippen molar-refractivity contribution in [2.75, 3.05) is 34.0 Å². The van der Waals surface area contributed by atoms with Crippen LogP contribution in [-0.2, 0) is 62.1 Å². The number of hydrogen-bond acceptors (Lipinski definition) is 20. The number of aliphatic hydroxyl groups excluding tert-OH is 6. The smallest absolute Gasteiger partial charge is 0.726 e. The van der Waals surface area contributed by atoms with Crippen molar-refractivity contribution in [3.05, 3.63) is 0 Å². The van der Waals surface area contributed by atoms with E-state index in [1.807, 2.05) is 0 Å². The van der Waals surface area contributed by atoms with Gasteiger partial charge in [0.25, 0.3) is 0 Å². The summed E-state index contributed by atoms with van der Waals surface area (Å²) in [6.45, 7) is 1.02. The molecule has 3 aliphatic rings. The van der Waals surface area contributed by atoms with Crippen LogP contribution in [0.3, 0.4) is 0 Å². The SMILES string of the molecule is COC(=O)CCCCCCCCO[C@@H]1O[C@H](CO)[C@@H](O[C@@H]2O[C@H](CO)[C@H](O)[C@H](OS(=O)(=O)[O-])[C@H]2O)[C@H](O[C@@H]2O[C@@H](C)[C@@H](O)[C@@H](OC)[C@@H]2O)[C@H]1NC(C)=O.[Na+]. The number of amides is 1. The van der Waals surface area contributed by atoms with Gasteiger partial charge in [0.2, 0.25) is 16.3 Å².